The smallest absolute Gasteiger partial charge is 0.0931 e. The van der Waals surface area contributed by atoms with Gasteiger partial charge in [-0.1, -0.05) is 18.0 Å². The second-order valence-corrected chi connectivity index (χ2v) is 5.98. The third kappa shape index (κ3) is 2.39. The normalized spacial score (nSPS) is 28.2. The lowest BCUT2D eigenvalue weighted by atomic mass is 10.0. The molecule has 1 heterocycles. The molecule has 1 aromatic rings. The zero-order valence-electron chi connectivity index (χ0n) is 7.30. The van der Waals surface area contributed by atoms with Crippen LogP contribution in [0.4, 0.5) is 0 Å². The Morgan fingerprint density at radius 1 is 1.38 bits per heavy atom. The molecule has 0 saturated heterocycles. The van der Waals surface area contributed by atoms with E-state index in [4.69, 9.17) is 23.2 Å². The first-order valence-electron chi connectivity index (χ1n) is 4.64. The minimum Gasteiger partial charge on any atom is -0.128 e. The molecule has 0 spiro atoms. The highest BCUT2D eigenvalue weighted by molar-refractivity contribution is 7.16. The molecule has 0 aliphatic heterocycles. The highest BCUT2D eigenvalue weighted by atomic mass is 35.5. The van der Waals surface area contributed by atoms with Crippen LogP contribution in [-0.4, -0.2) is 5.38 Å². The van der Waals surface area contributed by atoms with E-state index in [1.54, 1.807) is 11.3 Å². The van der Waals surface area contributed by atoms with Gasteiger partial charge in [0.2, 0.25) is 0 Å². The van der Waals surface area contributed by atoms with Gasteiger partial charge in [0.25, 0.3) is 0 Å². The van der Waals surface area contributed by atoms with Crippen LogP contribution < -0.4 is 0 Å². The highest BCUT2D eigenvalue weighted by Gasteiger charge is 2.25. The van der Waals surface area contributed by atoms with Crippen molar-refractivity contribution < 1.29 is 0 Å². The van der Waals surface area contributed by atoms with Crippen molar-refractivity contribution >= 4 is 34.5 Å². The average Bonchev–Trinajstić information content (AvgIpc) is 2.64. The van der Waals surface area contributed by atoms with Crippen LogP contribution >= 0.6 is 34.5 Å². The maximum absolute atomic E-state index is 6.21. The standard InChI is InChI=1S/C10H12Cl2S/c11-9-3-1-2-7(9)6-8-4-5-10(12)13-8/h4-5,7,9H,1-3,6H2. The van der Waals surface area contributed by atoms with Crippen molar-refractivity contribution in [1.29, 1.82) is 0 Å². The summed E-state index contributed by atoms with van der Waals surface area (Å²) in [5.41, 5.74) is 0. The van der Waals surface area contributed by atoms with E-state index < -0.39 is 0 Å². The third-order valence-corrected chi connectivity index (χ3v) is 4.49. The lowest BCUT2D eigenvalue weighted by molar-refractivity contribution is 0.557. The predicted octanol–water partition coefficient (Wildman–Crippen LogP) is 4.35. The average molecular weight is 235 g/mol. The second-order valence-electron chi connectivity index (χ2n) is 3.62. The first-order valence-corrected chi connectivity index (χ1v) is 6.27. The Hall–Kier alpha value is 0.280. The van der Waals surface area contributed by atoms with Gasteiger partial charge in [-0.15, -0.1) is 22.9 Å². The molecule has 2 atom stereocenters. The van der Waals surface area contributed by atoms with Crippen LogP contribution in [-0.2, 0) is 6.42 Å². The van der Waals surface area contributed by atoms with Crippen LogP contribution in [0.5, 0.6) is 0 Å². The van der Waals surface area contributed by atoms with Gasteiger partial charge in [-0.05, 0) is 37.3 Å². The van der Waals surface area contributed by atoms with Crippen LogP contribution in [0.15, 0.2) is 12.1 Å². The summed E-state index contributed by atoms with van der Waals surface area (Å²) in [6.45, 7) is 0. The summed E-state index contributed by atoms with van der Waals surface area (Å²) in [5, 5.41) is 0.390. The summed E-state index contributed by atoms with van der Waals surface area (Å²) >= 11 is 13.8. The quantitative estimate of drug-likeness (QED) is 0.668. The summed E-state index contributed by atoms with van der Waals surface area (Å²) in [5.74, 6) is 0.677. The topological polar surface area (TPSA) is 0 Å². The lowest BCUT2D eigenvalue weighted by Crippen LogP contribution is -2.09. The molecule has 1 aliphatic carbocycles. The lowest BCUT2D eigenvalue weighted by Gasteiger charge is -2.11. The van der Waals surface area contributed by atoms with E-state index in [-0.39, 0.29) is 0 Å². The zero-order valence-corrected chi connectivity index (χ0v) is 9.63. The summed E-state index contributed by atoms with van der Waals surface area (Å²) < 4.78 is 0.888. The maximum atomic E-state index is 6.21. The minimum absolute atomic E-state index is 0.390. The van der Waals surface area contributed by atoms with Crippen LogP contribution in [0.2, 0.25) is 4.34 Å². The van der Waals surface area contributed by atoms with Crippen LogP contribution in [0.25, 0.3) is 0 Å². The number of halogens is 2. The Morgan fingerprint density at radius 3 is 2.77 bits per heavy atom. The number of alkyl halides is 1. The molecule has 1 saturated carbocycles. The molecule has 0 aromatic carbocycles. The van der Waals surface area contributed by atoms with E-state index in [2.05, 4.69) is 6.07 Å². The fourth-order valence-electron chi connectivity index (χ4n) is 1.94. The second kappa shape index (κ2) is 4.20. The van der Waals surface area contributed by atoms with Crippen molar-refractivity contribution in [2.45, 2.75) is 31.1 Å². The zero-order chi connectivity index (χ0) is 9.26. The fourth-order valence-corrected chi connectivity index (χ4v) is 3.49. The van der Waals surface area contributed by atoms with Crippen molar-refractivity contribution in [2.75, 3.05) is 0 Å². The van der Waals surface area contributed by atoms with Crippen molar-refractivity contribution in [2.24, 2.45) is 5.92 Å². The molecule has 72 valence electrons. The van der Waals surface area contributed by atoms with Gasteiger partial charge in [0.15, 0.2) is 0 Å². The molecule has 2 unspecified atom stereocenters. The summed E-state index contributed by atoms with van der Waals surface area (Å²) in [6, 6.07) is 4.09. The Bertz CT molecular complexity index is 282. The Balaban J connectivity index is 1.97. The van der Waals surface area contributed by atoms with Crippen molar-refractivity contribution in [1.82, 2.24) is 0 Å². The SMILES string of the molecule is Clc1ccc(CC2CCCC2Cl)s1. The van der Waals surface area contributed by atoms with Gasteiger partial charge in [0, 0.05) is 10.3 Å². The molecular weight excluding hydrogens is 223 g/mol. The number of thiophene rings is 1. The molecule has 3 heteroatoms. The molecular formula is C10H12Cl2S. The Labute approximate surface area is 92.9 Å². The largest absolute Gasteiger partial charge is 0.128 e. The van der Waals surface area contributed by atoms with Crippen LogP contribution in [0, 0.1) is 5.92 Å². The van der Waals surface area contributed by atoms with E-state index in [0.717, 1.165) is 10.8 Å². The summed E-state index contributed by atoms with van der Waals surface area (Å²) in [7, 11) is 0. The van der Waals surface area contributed by atoms with E-state index in [1.165, 1.54) is 24.1 Å². The van der Waals surface area contributed by atoms with E-state index >= 15 is 0 Å². The van der Waals surface area contributed by atoms with E-state index in [9.17, 15) is 0 Å². The van der Waals surface area contributed by atoms with Gasteiger partial charge in [0.05, 0.1) is 4.34 Å². The maximum Gasteiger partial charge on any atom is 0.0931 e. The molecule has 0 nitrogen and oxygen atoms in total. The molecule has 0 radical (unpaired) electrons. The molecule has 1 aliphatic rings. The summed E-state index contributed by atoms with van der Waals surface area (Å²) in [6.07, 6.45) is 4.87. The predicted molar refractivity (Wildman–Crippen MR) is 60.0 cm³/mol. The Morgan fingerprint density at radius 2 is 2.23 bits per heavy atom. The first-order chi connectivity index (χ1) is 6.25. The van der Waals surface area contributed by atoms with Crippen molar-refractivity contribution in [3.05, 3.63) is 21.3 Å². The van der Waals surface area contributed by atoms with Crippen molar-refractivity contribution in [3.63, 3.8) is 0 Å². The highest BCUT2D eigenvalue weighted by Crippen LogP contribution is 2.34. The molecule has 0 N–H and O–H groups in total. The van der Waals surface area contributed by atoms with Gasteiger partial charge >= 0.3 is 0 Å². The van der Waals surface area contributed by atoms with Crippen LogP contribution in [0.3, 0.4) is 0 Å². The first kappa shape index (κ1) is 9.82. The van der Waals surface area contributed by atoms with Gasteiger partial charge in [-0.2, -0.15) is 0 Å². The fraction of sp³-hybridized carbons (Fsp3) is 0.600. The summed E-state index contributed by atoms with van der Waals surface area (Å²) in [4.78, 5) is 1.38. The minimum atomic E-state index is 0.390. The molecule has 1 aromatic heterocycles. The number of rotatable bonds is 2. The Kier molecular flexibility index (Phi) is 3.18. The molecule has 2 rings (SSSR count). The van der Waals surface area contributed by atoms with Gasteiger partial charge in [-0.25, -0.2) is 0 Å². The van der Waals surface area contributed by atoms with Gasteiger partial charge in [-0.3, -0.25) is 0 Å². The van der Waals surface area contributed by atoms with E-state index in [0.29, 0.717) is 11.3 Å². The molecule has 13 heavy (non-hydrogen) atoms. The third-order valence-electron chi connectivity index (χ3n) is 2.66. The molecule has 1 fully saturated rings. The van der Waals surface area contributed by atoms with Gasteiger partial charge < -0.3 is 0 Å². The number of hydrogen-bond donors (Lipinski definition) is 0. The van der Waals surface area contributed by atoms with Crippen molar-refractivity contribution in [3.8, 4) is 0 Å². The van der Waals surface area contributed by atoms with Gasteiger partial charge in [0.1, 0.15) is 0 Å². The van der Waals surface area contributed by atoms with Crippen LogP contribution in [0.1, 0.15) is 24.1 Å². The number of hydrogen-bond acceptors (Lipinski definition) is 1. The molecule has 0 bridgehead atoms. The molecule has 0 amide bonds. The monoisotopic (exact) mass is 234 g/mol. The van der Waals surface area contributed by atoms with E-state index in [1.807, 2.05) is 6.07 Å².